The molecule has 4 aliphatic rings. The van der Waals surface area contributed by atoms with E-state index >= 15 is 4.39 Å². The van der Waals surface area contributed by atoms with Crippen LogP contribution in [0.4, 0.5) is 4.39 Å². The minimum Gasteiger partial charge on any atom is -0.496 e. The summed E-state index contributed by atoms with van der Waals surface area (Å²) in [5.41, 5.74) is -0.0107. The standard InChI is InChI=1S/C31H41FN4O6/c1-30(9-4-10-30)16-33-27(38)24-17-5-6-18(13-17)25(24)34-26(37)20-14-23(21(32)15-22(20)40-3)41-19-7-11-31(2,12-8-19)28-35-29(39)42-36-28/h14-15,17-19,24-25H,4-13,16H2,1-3H3,(H,33,38)(H,34,37)(H,35,36,39). The zero-order valence-electron chi connectivity index (χ0n) is 24.6. The third-order valence-electron chi connectivity index (χ3n) is 10.6. The highest BCUT2D eigenvalue weighted by Crippen LogP contribution is 2.49. The van der Waals surface area contributed by atoms with Crippen molar-refractivity contribution in [2.24, 2.45) is 23.2 Å². The lowest BCUT2D eigenvalue weighted by molar-refractivity contribution is -0.128. The first-order valence-corrected chi connectivity index (χ1v) is 15.3. The number of aromatic amines is 1. The number of ether oxygens (including phenoxy) is 2. The van der Waals surface area contributed by atoms with Crippen molar-refractivity contribution in [3.63, 3.8) is 0 Å². The molecular formula is C31H41FN4O6. The van der Waals surface area contributed by atoms with Crippen LogP contribution in [0.5, 0.6) is 11.5 Å². The normalized spacial score (nSPS) is 31.3. The highest BCUT2D eigenvalue weighted by atomic mass is 19.1. The molecule has 4 aliphatic carbocycles. The molecule has 1 heterocycles. The summed E-state index contributed by atoms with van der Waals surface area (Å²) in [5, 5.41) is 10.2. The van der Waals surface area contributed by atoms with Crippen LogP contribution in [0.2, 0.25) is 0 Å². The van der Waals surface area contributed by atoms with Gasteiger partial charge in [0.05, 0.1) is 24.7 Å². The molecule has 1 aromatic heterocycles. The molecule has 4 saturated carbocycles. The molecule has 0 spiro atoms. The first-order chi connectivity index (χ1) is 20.1. The van der Waals surface area contributed by atoms with Crippen LogP contribution < -0.4 is 25.9 Å². The summed E-state index contributed by atoms with van der Waals surface area (Å²) >= 11 is 0. The number of nitrogens with one attached hydrogen (secondary N) is 3. The topological polar surface area (TPSA) is 136 Å². The monoisotopic (exact) mass is 584 g/mol. The Hall–Kier alpha value is -3.37. The van der Waals surface area contributed by atoms with Crippen LogP contribution in [-0.2, 0) is 10.2 Å². The summed E-state index contributed by atoms with van der Waals surface area (Å²) in [5.74, 6) is -0.733. The Morgan fingerprint density at radius 3 is 2.48 bits per heavy atom. The van der Waals surface area contributed by atoms with Crippen molar-refractivity contribution in [3.05, 3.63) is 39.9 Å². The molecule has 10 nitrogen and oxygen atoms in total. The number of aromatic nitrogens is 2. The predicted molar refractivity (Wildman–Crippen MR) is 151 cm³/mol. The largest absolute Gasteiger partial charge is 0.496 e. The predicted octanol–water partition coefficient (Wildman–Crippen LogP) is 4.24. The lowest BCUT2D eigenvalue weighted by Crippen LogP contribution is -2.51. The molecule has 0 radical (unpaired) electrons. The van der Waals surface area contributed by atoms with Crippen molar-refractivity contribution in [2.75, 3.05) is 13.7 Å². The zero-order valence-corrected chi connectivity index (χ0v) is 24.6. The fraction of sp³-hybridized carbons (Fsp3) is 0.677. The molecule has 0 saturated heterocycles. The second-order valence-corrected chi connectivity index (χ2v) is 13.5. The van der Waals surface area contributed by atoms with Crippen molar-refractivity contribution >= 4 is 11.8 Å². The zero-order chi connectivity index (χ0) is 29.6. The average Bonchev–Trinajstić information content (AvgIpc) is 3.70. The van der Waals surface area contributed by atoms with Gasteiger partial charge < -0.3 is 20.1 Å². The molecule has 11 heteroatoms. The van der Waals surface area contributed by atoms with E-state index in [0.29, 0.717) is 38.1 Å². The van der Waals surface area contributed by atoms with Crippen molar-refractivity contribution < 1.29 is 28.0 Å². The Labute approximate surface area is 244 Å². The number of rotatable bonds is 9. The van der Waals surface area contributed by atoms with Crippen molar-refractivity contribution in [1.82, 2.24) is 20.8 Å². The summed E-state index contributed by atoms with van der Waals surface area (Å²) in [6.07, 6.45) is 8.64. The number of benzene rings is 1. The Morgan fingerprint density at radius 2 is 1.83 bits per heavy atom. The molecule has 1 aromatic carbocycles. The first-order valence-electron chi connectivity index (χ1n) is 15.3. The van der Waals surface area contributed by atoms with Crippen LogP contribution in [0, 0.1) is 29.0 Å². The van der Waals surface area contributed by atoms with Gasteiger partial charge in [-0.1, -0.05) is 25.4 Å². The summed E-state index contributed by atoms with van der Waals surface area (Å²) in [7, 11) is 1.40. The van der Waals surface area contributed by atoms with E-state index in [-0.39, 0.29) is 63.7 Å². The van der Waals surface area contributed by atoms with Crippen LogP contribution in [-0.4, -0.2) is 47.8 Å². The minimum atomic E-state index is -0.612. The van der Waals surface area contributed by atoms with Crippen molar-refractivity contribution in [3.8, 4) is 11.5 Å². The molecular weight excluding hydrogens is 543 g/mol. The van der Waals surface area contributed by atoms with Crippen LogP contribution in [0.15, 0.2) is 21.5 Å². The van der Waals surface area contributed by atoms with E-state index in [1.807, 2.05) is 6.92 Å². The number of nitrogens with zero attached hydrogens (tertiary/aromatic N) is 1. The van der Waals surface area contributed by atoms with Crippen LogP contribution in [0.25, 0.3) is 0 Å². The minimum absolute atomic E-state index is 0.0135. The van der Waals surface area contributed by atoms with Gasteiger partial charge in [0.1, 0.15) is 5.75 Å². The number of carbonyl (C=O) groups is 2. The summed E-state index contributed by atoms with van der Waals surface area (Å²) in [4.78, 5) is 41.1. The fourth-order valence-corrected chi connectivity index (χ4v) is 7.71. The fourth-order valence-electron chi connectivity index (χ4n) is 7.71. The molecule has 6 rings (SSSR count). The second kappa shape index (κ2) is 11.0. The molecule has 3 N–H and O–H groups in total. The van der Waals surface area contributed by atoms with Gasteiger partial charge in [0.2, 0.25) is 5.91 Å². The molecule has 4 fully saturated rings. The van der Waals surface area contributed by atoms with Gasteiger partial charge >= 0.3 is 5.76 Å². The summed E-state index contributed by atoms with van der Waals surface area (Å²) in [6, 6.07) is 2.32. The van der Waals surface area contributed by atoms with E-state index < -0.39 is 17.5 Å². The van der Waals surface area contributed by atoms with Gasteiger partial charge in [0.15, 0.2) is 17.4 Å². The number of hydrogen-bond acceptors (Lipinski definition) is 7. The van der Waals surface area contributed by atoms with E-state index in [0.717, 1.165) is 32.1 Å². The van der Waals surface area contributed by atoms with Gasteiger partial charge in [-0.25, -0.2) is 9.18 Å². The molecule has 42 heavy (non-hydrogen) atoms. The SMILES string of the molecule is COc1cc(F)c(OC2CCC(C)(c3noc(=O)[nH]3)CC2)cc1C(=O)NC1C2CCC(C2)C1C(=O)NCC1(C)CCC1. The van der Waals surface area contributed by atoms with E-state index in [4.69, 9.17) is 9.47 Å². The number of halogens is 1. The molecule has 2 bridgehead atoms. The smallest absolute Gasteiger partial charge is 0.438 e. The molecule has 4 atom stereocenters. The van der Waals surface area contributed by atoms with Gasteiger partial charge in [-0.3, -0.25) is 19.1 Å². The lowest BCUT2D eigenvalue weighted by atomic mass is 9.70. The Bertz CT molecular complexity index is 1390. The quantitative estimate of drug-likeness (QED) is 0.401. The van der Waals surface area contributed by atoms with Gasteiger partial charge in [-0.15, -0.1) is 0 Å². The van der Waals surface area contributed by atoms with Crippen LogP contribution >= 0.6 is 0 Å². The molecule has 2 aromatic rings. The van der Waals surface area contributed by atoms with Crippen LogP contribution in [0.3, 0.4) is 0 Å². The van der Waals surface area contributed by atoms with Gasteiger partial charge in [-0.2, -0.15) is 0 Å². The number of methoxy groups -OCH3 is 1. The highest BCUT2D eigenvalue weighted by Gasteiger charge is 2.51. The van der Waals surface area contributed by atoms with Crippen molar-refractivity contribution in [2.45, 2.75) is 95.6 Å². The molecule has 0 aliphatic heterocycles. The maximum atomic E-state index is 15.1. The van der Waals surface area contributed by atoms with Crippen LogP contribution in [0.1, 0.15) is 94.2 Å². The van der Waals surface area contributed by atoms with Gasteiger partial charge in [0, 0.05) is 24.1 Å². The van der Waals surface area contributed by atoms with E-state index in [2.05, 4.69) is 32.2 Å². The average molecular weight is 585 g/mol. The highest BCUT2D eigenvalue weighted by molar-refractivity contribution is 5.98. The Balaban J connectivity index is 1.14. The molecule has 4 unspecified atom stereocenters. The summed E-state index contributed by atoms with van der Waals surface area (Å²) in [6.45, 7) is 4.88. The first kappa shape index (κ1) is 28.7. The maximum absolute atomic E-state index is 15.1. The third kappa shape index (κ3) is 5.42. The number of hydrogen-bond donors (Lipinski definition) is 3. The molecule has 228 valence electrons. The van der Waals surface area contributed by atoms with Gasteiger partial charge in [-0.05, 0) is 81.1 Å². The lowest BCUT2D eigenvalue weighted by Gasteiger charge is -2.39. The number of carbonyl (C=O) groups excluding carboxylic acids is 2. The van der Waals surface area contributed by atoms with Gasteiger partial charge in [0.25, 0.3) is 5.91 Å². The van der Waals surface area contributed by atoms with E-state index in [9.17, 15) is 14.4 Å². The Kier molecular flexibility index (Phi) is 7.55. The van der Waals surface area contributed by atoms with Crippen molar-refractivity contribution in [1.29, 1.82) is 0 Å². The molecule has 2 amide bonds. The second-order valence-electron chi connectivity index (χ2n) is 13.5. The number of H-pyrrole nitrogens is 1. The van der Waals surface area contributed by atoms with E-state index in [1.54, 1.807) is 0 Å². The Morgan fingerprint density at radius 1 is 1.10 bits per heavy atom. The number of amides is 2. The maximum Gasteiger partial charge on any atom is 0.438 e. The van der Waals surface area contributed by atoms with E-state index in [1.165, 1.54) is 25.7 Å². The summed E-state index contributed by atoms with van der Waals surface area (Å²) < 4.78 is 31.3. The third-order valence-corrected chi connectivity index (χ3v) is 10.6. The number of fused-ring (bicyclic) bond motifs is 2.